The van der Waals surface area contributed by atoms with Gasteiger partial charge in [-0.1, -0.05) is 0 Å². The van der Waals surface area contributed by atoms with Gasteiger partial charge in [-0.2, -0.15) is 0 Å². The Morgan fingerprint density at radius 3 is 3.00 bits per heavy atom. The molecule has 1 aliphatic rings. The largest absolute Gasteiger partial charge is 0.396 e. The molecular weight excluding hydrogens is 220 g/mol. The Labute approximate surface area is 101 Å². The van der Waals surface area contributed by atoms with Crippen LogP contribution in [0.2, 0.25) is 0 Å². The molecule has 0 amide bonds. The lowest BCUT2D eigenvalue weighted by molar-refractivity contribution is 0.284. The maximum atomic E-state index is 8.73. The first-order chi connectivity index (χ1) is 7.81. The van der Waals surface area contributed by atoms with Gasteiger partial charge in [-0.3, -0.25) is 0 Å². The molecule has 0 spiro atoms. The molecule has 1 aromatic heterocycles. The SMILES string of the molecule is CC(NCCCO)c1nc2c(s1)CCCC2. The summed E-state index contributed by atoms with van der Waals surface area (Å²) in [6.07, 6.45) is 5.81. The van der Waals surface area contributed by atoms with Crippen molar-refractivity contribution in [2.24, 2.45) is 0 Å². The maximum Gasteiger partial charge on any atom is 0.110 e. The summed E-state index contributed by atoms with van der Waals surface area (Å²) in [5.74, 6) is 0. The normalized spacial score (nSPS) is 17.1. The van der Waals surface area contributed by atoms with Crippen LogP contribution < -0.4 is 5.32 Å². The zero-order valence-electron chi connectivity index (χ0n) is 9.83. The molecule has 0 fully saturated rings. The third-order valence-corrected chi connectivity index (χ3v) is 4.36. The van der Waals surface area contributed by atoms with Crippen LogP contribution in [0.3, 0.4) is 0 Å². The Morgan fingerprint density at radius 2 is 2.25 bits per heavy atom. The van der Waals surface area contributed by atoms with Gasteiger partial charge in [0.1, 0.15) is 5.01 Å². The molecule has 2 N–H and O–H groups in total. The van der Waals surface area contributed by atoms with E-state index in [0.29, 0.717) is 6.04 Å². The Kier molecular flexibility index (Phi) is 4.32. The van der Waals surface area contributed by atoms with Gasteiger partial charge in [0.05, 0.1) is 11.7 Å². The van der Waals surface area contributed by atoms with Crippen molar-refractivity contribution in [1.29, 1.82) is 0 Å². The lowest BCUT2D eigenvalue weighted by Gasteiger charge is -2.09. The third-order valence-electron chi connectivity index (χ3n) is 3.02. The van der Waals surface area contributed by atoms with Crippen LogP contribution in [-0.4, -0.2) is 23.2 Å². The van der Waals surface area contributed by atoms with Crippen molar-refractivity contribution in [1.82, 2.24) is 10.3 Å². The molecule has 90 valence electrons. The van der Waals surface area contributed by atoms with E-state index >= 15 is 0 Å². The molecule has 0 aliphatic heterocycles. The van der Waals surface area contributed by atoms with Gasteiger partial charge in [0.25, 0.3) is 0 Å². The lowest BCUT2D eigenvalue weighted by Crippen LogP contribution is -2.20. The Balaban J connectivity index is 1.95. The second-order valence-electron chi connectivity index (χ2n) is 4.38. The second kappa shape index (κ2) is 5.75. The minimum absolute atomic E-state index is 0.258. The van der Waals surface area contributed by atoms with E-state index in [-0.39, 0.29) is 6.61 Å². The fourth-order valence-electron chi connectivity index (χ4n) is 2.04. The first-order valence-corrected chi connectivity index (χ1v) is 6.95. The number of aliphatic hydroxyl groups is 1. The van der Waals surface area contributed by atoms with Crippen molar-refractivity contribution >= 4 is 11.3 Å². The van der Waals surface area contributed by atoms with Crippen molar-refractivity contribution in [3.05, 3.63) is 15.6 Å². The van der Waals surface area contributed by atoms with E-state index in [2.05, 4.69) is 12.2 Å². The van der Waals surface area contributed by atoms with Crippen LogP contribution in [-0.2, 0) is 12.8 Å². The number of aliphatic hydroxyl groups excluding tert-OH is 1. The number of nitrogens with one attached hydrogen (secondary N) is 1. The Morgan fingerprint density at radius 1 is 1.44 bits per heavy atom. The molecule has 0 aromatic carbocycles. The zero-order valence-corrected chi connectivity index (χ0v) is 10.6. The lowest BCUT2D eigenvalue weighted by atomic mass is 10.0. The Hall–Kier alpha value is -0.450. The van der Waals surface area contributed by atoms with Crippen molar-refractivity contribution in [3.63, 3.8) is 0 Å². The third kappa shape index (κ3) is 2.81. The number of fused-ring (bicyclic) bond motifs is 1. The van der Waals surface area contributed by atoms with Gasteiger partial charge in [0.2, 0.25) is 0 Å². The summed E-state index contributed by atoms with van der Waals surface area (Å²) in [5.41, 5.74) is 1.34. The second-order valence-corrected chi connectivity index (χ2v) is 5.50. The van der Waals surface area contributed by atoms with Crippen LogP contribution >= 0.6 is 11.3 Å². The summed E-state index contributed by atoms with van der Waals surface area (Å²) in [5, 5.41) is 13.3. The molecule has 0 radical (unpaired) electrons. The number of hydrogen-bond acceptors (Lipinski definition) is 4. The summed E-state index contributed by atoms with van der Waals surface area (Å²) in [7, 11) is 0. The molecular formula is C12H20N2OS. The predicted octanol–water partition coefficient (Wildman–Crippen LogP) is 2.05. The molecule has 2 rings (SSSR count). The molecule has 4 heteroatoms. The fourth-order valence-corrected chi connectivity index (χ4v) is 3.22. The van der Waals surface area contributed by atoms with Gasteiger partial charge in [-0.05, 0) is 45.6 Å². The number of thiazole rings is 1. The summed E-state index contributed by atoms with van der Waals surface area (Å²) >= 11 is 1.87. The average molecular weight is 240 g/mol. The number of aryl methyl sites for hydroxylation is 2. The molecule has 0 bridgehead atoms. The van der Waals surface area contributed by atoms with Crippen molar-refractivity contribution < 1.29 is 5.11 Å². The molecule has 1 unspecified atom stereocenters. The fraction of sp³-hybridized carbons (Fsp3) is 0.750. The highest BCUT2D eigenvalue weighted by Crippen LogP contribution is 2.29. The summed E-state index contributed by atoms with van der Waals surface area (Å²) < 4.78 is 0. The van der Waals surface area contributed by atoms with Crippen LogP contribution in [0.15, 0.2) is 0 Å². The topological polar surface area (TPSA) is 45.1 Å². The standard InChI is InChI=1S/C12H20N2OS/c1-9(13-7-4-8-15)12-14-10-5-2-3-6-11(10)16-12/h9,13,15H,2-8H2,1H3. The number of hydrogen-bond donors (Lipinski definition) is 2. The zero-order chi connectivity index (χ0) is 11.4. The molecule has 0 saturated heterocycles. The summed E-state index contributed by atoms with van der Waals surface area (Å²) in [4.78, 5) is 6.22. The van der Waals surface area contributed by atoms with Crippen LogP contribution in [0.5, 0.6) is 0 Å². The molecule has 1 aromatic rings. The quantitative estimate of drug-likeness (QED) is 0.774. The van der Waals surface area contributed by atoms with Crippen molar-refractivity contribution in [2.75, 3.05) is 13.2 Å². The van der Waals surface area contributed by atoms with Crippen LogP contribution in [0.1, 0.15) is 47.8 Å². The minimum atomic E-state index is 0.258. The Bertz CT molecular complexity index is 314. The summed E-state index contributed by atoms with van der Waals surface area (Å²) in [6.45, 7) is 3.28. The molecule has 0 saturated carbocycles. The van der Waals surface area contributed by atoms with Gasteiger partial charge in [0, 0.05) is 11.5 Å². The predicted molar refractivity (Wildman–Crippen MR) is 66.9 cm³/mol. The number of nitrogens with zero attached hydrogens (tertiary/aromatic N) is 1. The number of rotatable bonds is 5. The smallest absolute Gasteiger partial charge is 0.110 e. The molecule has 3 nitrogen and oxygen atoms in total. The molecule has 1 heterocycles. The van der Waals surface area contributed by atoms with Gasteiger partial charge in [-0.25, -0.2) is 4.98 Å². The number of aromatic nitrogens is 1. The van der Waals surface area contributed by atoms with E-state index in [4.69, 9.17) is 10.1 Å². The average Bonchev–Trinajstić information content (AvgIpc) is 2.73. The van der Waals surface area contributed by atoms with Gasteiger partial charge in [-0.15, -0.1) is 11.3 Å². The first kappa shape index (κ1) is 12.0. The minimum Gasteiger partial charge on any atom is -0.396 e. The molecule has 1 atom stereocenters. The van der Waals surface area contributed by atoms with Crippen LogP contribution in [0.4, 0.5) is 0 Å². The molecule has 16 heavy (non-hydrogen) atoms. The van der Waals surface area contributed by atoms with E-state index in [0.717, 1.165) is 19.4 Å². The first-order valence-electron chi connectivity index (χ1n) is 6.14. The van der Waals surface area contributed by atoms with Crippen LogP contribution in [0.25, 0.3) is 0 Å². The highest BCUT2D eigenvalue weighted by atomic mass is 32.1. The molecule has 1 aliphatic carbocycles. The summed E-state index contributed by atoms with van der Waals surface area (Å²) in [6, 6.07) is 0.321. The van der Waals surface area contributed by atoms with Crippen molar-refractivity contribution in [3.8, 4) is 0 Å². The van der Waals surface area contributed by atoms with E-state index in [1.165, 1.54) is 34.8 Å². The van der Waals surface area contributed by atoms with E-state index < -0.39 is 0 Å². The van der Waals surface area contributed by atoms with E-state index in [1.807, 2.05) is 11.3 Å². The van der Waals surface area contributed by atoms with Gasteiger partial charge < -0.3 is 10.4 Å². The van der Waals surface area contributed by atoms with E-state index in [1.54, 1.807) is 0 Å². The highest BCUT2D eigenvalue weighted by molar-refractivity contribution is 7.11. The van der Waals surface area contributed by atoms with E-state index in [9.17, 15) is 0 Å². The van der Waals surface area contributed by atoms with Crippen LogP contribution in [0, 0.1) is 0 Å². The van der Waals surface area contributed by atoms with Gasteiger partial charge >= 0.3 is 0 Å². The maximum absolute atomic E-state index is 8.73. The van der Waals surface area contributed by atoms with Crippen molar-refractivity contribution in [2.45, 2.75) is 45.1 Å². The highest BCUT2D eigenvalue weighted by Gasteiger charge is 2.17. The van der Waals surface area contributed by atoms with Gasteiger partial charge in [0.15, 0.2) is 0 Å². The monoisotopic (exact) mass is 240 g/mol.